The van der Waals surface area contributed by atoms with Gasteiger partial charge in [-0.1, -0.05) is 55.8 Å². The van der Waals surface area contributed by atoms with Gasteiger partial charge < -0.3 is 10.0 Å². The molecule has 0 saturated heterocycles. The normalized spacial score (nSPS) is 13.1. The minimum absolute atomic E-state index is 0.447. The molecule has 3 heteroatoms. The van der Waals surface area contributed by atoms with Crippen LogP contribution in [0.4, 0.5) is 0 Å². The summed E-state index contributed by atoms with van der Waals surface area (Å²) in [4.78, 5) is 2.32. The average molecular weight is 292 g/mol. The Morgan fingerprint density at radius 3 is 2.35 bits per heavy atom. The SMILES string of the molecule is CCN(CC)CC[C@H](O)c1ccc(Cl)c2ccccc12. The first kappa shape index (κ1) is 15.3. The van der Waals surface area contributed by atoms with Crippen LogP contribution >= 0.6 is 11.6 Å². The minimum Gasteiger partial charge on any atom is -0.388 e. The van der Waals surface area contributed by atoms with Crippen molar-refractivity contribution in [2.24, 2.45) is 0 Å². The van der Waals surface area contributed by atoms with Gasteiger partial charge in [0.15, 0.2) is 0 Å². The molecular weight excluding hydrogens is 270 g/mol. The van der Waals surface area contributed by atoms with Gasteiger partial charge in [0, 0.05) is 17.0 Å². The number of hydrogen-bond donors (Lipinski definition) is 1. The van der Waals surface area contributed by atoms with Crippen LogP contribution in [0.1, 0.15) is 31.9 Å². The van der Waals surface area contributed by atoms with E-state index in [1.165, 1.54) is 0 Å². The summed E-state index contributed by atoms with van der Waals surface area (Å²) in [6, 6.07) is 11.8. The monoisotopic (exact) mass is 291 g/mol. The number of halogens is 1. The van der Waals surface area contributed by atoms with Crippen LogP contribution in [-0.2, 0) is 0 Å². The molecule has 0 unspecified atom stereocenters. The summed E-state index contributed by atoms with van der Waals surface area (Å²) in [6.07, 6.45) is 0.297. The molecule has 2 nitrogen and oxygen atoms in total. The molecule has 0 aliphatic carbocycles. The molecule has 108 valence electrons. The summed E-state index contributed by atoms with van der Waals surface area (Å²) >= 11 is 6.22. The highest BCUT2D eigenvalue weighted by Gasteiger charge is 2.13. The van der Waals surface area contributed by atoms with Crippen LogP contribution in [0.5, 0.6) is 0 Å². The molecule has 1 atom stereocenters. The third-order valence-corrected chi connectivity index (χ3v) is 4.21. The maximum atomic E-state index is 10.5. The number of fused-ring (bicyclic) bond motifs is 1. The summed E-state index contributed by atoms with van der Waals surface area (Å²) < 4.78 is 0. The van der Waals surface area contributed by atoms with E-state index >= 15 is 0 Å². The highest BCUT2D eigenvalue weighted by atomic mass is 35.5. The van der Waals surface area contributed by atoms with Crippen LogP contribution in [0.15, 0.2) is 36.4 Å². The van der Waals surface area contributed by atoms with Gasteiger partial charge in [0.1, 0.15) is 0 Å². The number of rotatable bonds is 6. The van der Waals surface area contributed by atoms with Gasteiger partial charge in [0.05, 0.1) is 6.10 Å². The van der Waals surface area contributed by atoms with Crippen molar-refractivity contribution in [1.82, 2.24) is 4.90 Å². The van der Waals surface area contributed by atoms with E-state index in [1.807, 2.05) is 36.4 Å². The van der Waals surface area contributed by atoms with Crippen molar-refractivity contribution >= 4 is 22.4 Å². The number of aliphatic hydroxyl groups excluding tert-OH is 1. The maximum absolute atomic E-state index is 10.5. The summed E-state index contributed by atoms with van der Waals surface area (Å²) in [6.45, 7) is 7.24. The van der Waals surface area contributed by atoms with Gasteiger partial charge in [0.25, 0.3) is 0 Å². The van der Waals surface area contributed by atoms with Crippen LogP contribution < -0.4 is 0 Å². The molecule has 0 aromatic heterocycles. The van der Waals surface area contributed by atoms with E-state index in [4.69, 9.17) is 11.6 Å². The summed E-state index contributed by atoms with van der Waals surface area (Å²) in [5.41, 5.74) is 0.970. The average Bonchev–Trinajstić information content (AvgIpc) is 2.48. The third-order valence-electron chi connectivity index (χ3n) is 3.88. The Morgan fingerprint density at radius 2 is 1.70 bits per heavy atom. The lowest BCUT2D eigenvalue weighted by Crippen LogP contribution is -2.25. The maximum Gasteiger partial charge on any atom is 0.0808 e. The van der Waals surface area contributed by atoms with Crippen LogP contribution in [0.3, 0.4) is 0 Å². The lowest BCUT2D eigenvalue weighted by Gasteiger charge is -2.21. The van der Waals surface area contributed by atoms with E-state index in [0.717, 1.165) is 47.4 Å². The van der Waals surface area contributed by atoms with Gasteiger partial charge in [-0.2, -0.15) is 0 Å². The first-order valence-electron chi connectivity index (χ1n) is 7.25. The summed E-state index contributed by atoms with van der Waals surface area (Å²) in [7, 11) is 0. The zero-order valence-corrected chi connectivity index (χ0v) is 12.9. The molecule has 0 aliphatic rings. The molecule has 0 bridgehead atoms. The topological polar surface area (TPSA) is 23.5 Å². The van der Waals surface area contributed by atoms with Gasteiger partial charge in [-0.15, -0.1) is 0 Å². The van der Waals surface area contributed by atoms with Crippen molar-refractivity contribution in [3.05, 3.63) is 47.0 Å². The van der Waals surface area contributed by atoms with Crippen molar-refractivity contribution in [1.29, 1.82) is 0 Å². The van der Waals surface area contributed by atoms with Crippen molar-refractivity contribution in [2.45, 2.75) is 26.4 Å². The zero-order valence-electron chi connectivity index (χ0n) is 12.1. The van der Waals surface area contributed by atoms with E-state index in [0.29, 0.717) is 0 Å². The number of nitrogens with zero attached hydrogens (tertiary/aromatic N) is 1. The van der Waals surface area contributed by atoms with E-state index in [-0.39, 0.29) is 0 Å². The molecule has 2 rings (SSSR count). The Balaban J connectivity index is 2.22. The Morgan fingerprint density at radius 1 is 1.05 bits per heavy atom. The lowest BCUT2D eigenvalue weighted by atomic mass is 9.98. The molecule has 0 radical (unpaired) electrons. The Kier molecular flexibility index (Phi) is 5.41. The molecule has 20 heavy (non-hydrogen) atoms. The minimum atomic E-state index is -0.447. The Hall–Kier alpha value is -1.09. The lowest BCUT2D eigenvalue weighted by molar-refractivity contribution is 0.146. The second-order valence-electron chi connectivity index (χ2n) is 5.01. The molecule has 2 aromatic rings. The van der Waals surface area contributed by atoms with Gasteiger partial charge in [-0.3, -0.25) is 0 Å². The van der Waals surface area contributed by atoms with Crippen molar-refractivity contribution in [2.75, 3.05) is 19.6 Å². The first-order chi connectivity index (χ1) is 9.67. The predicted molar refractivity (Wildman–Crippen MR) is 86.3 cm³/mol. The molecule has 1 N–H and O–H groups in total. The number of aliphatic hydroxyl groups is 1. The highest BCUT2D eigenvalue weighted by Crippen LogP contribution is 2.31. The number of hydrogen-bond acceptors (Lipinski definition) is 2. The fourth-order valence-electron chi connectivity index (χ4n) is 2.58. The molecule has 2 aromatic carbocycles. The Bertz CT molecular complexity index is 566. The van der Waals surface area contributed by atoms with Crippen molar-refractivity contribution in [3.63, 3.8) is 0 Å². The second kappa shape index (κ2) is 7.07. The van der Waals surface area contributed by atoms with Crippen LogP contribution in [0, 0.1) is 0 Å². The molecule has 0 saturated carbocycles. The van der Waals surface area contributed by atoms with E-state index in [1.54, 1.807) is 0 Å². The Labute approximate surface area is 126 Å². The molecule has 0 fully saturated rings. The van der Waals surface area contributed by atoms with E-state index in [2.05, 4.69) is 18.7 Å². The van der Waals surface area contributed by atoms with Gasteiger partial charge in [-0.05, 0) is 36.5 Å². The smallest absolute Gasteiger partial charge is 0.0808 e. The van der Waals surface area contributed by atoms with Crippen molar-refractivity contribution < 1.29 is 5.11 Å². The van der Waals surface area contributed by atoms with E-state index < -0.39 is 6.10 Å². The second-order valence-corrected chi connectivity index (χ2v) is 5.42. The van der Waals surface area contributed by atoms with Crippen LogP contribution in [0.25, 0.3) is 10.8 Å². The van der Waals surface area contributed by atoms with Crippen molar-refractivity contribution in [3.8, 4) is 0 Å². The third kappa shape index (κ3) is 3.32. The van der Waals surface area contributed by atoms with Gasteiger partial charge in [-0.25, -0.2) is 0 Å². The largest absolute Gasteiger partial charge is 0.388 e. The van der Waals surface area contributed by atoms with Gasteiger partial charge >= 0.3 is 0 Å². The predicted octanol–water partition coefficient (Wildman–Crippen LogP) is 4.26. The fourth-order valence-corrected chi connectivity index (χ4v) is 2.80. The molecule has 0 aliphatic heterocycles. The standard InChI is InChI=1S/C17H22ClNO/c1-3-19(4-2)12-11-17(20)15-9-10-16(18)14-8-6-5-7-13(14)15/h5-10,17,20H,3-4,11-12H2,1-2H3/t17-/m0/s1. The first-order valence-corrected chi connectivity index (χ1v) is 7.62. The molecule has 0 spiro atoms. The quantitative estimate of drug-likeness (QED) is 0.860. The number of benzene rings is 2. The van der Waals surface area contributed by atoms with Gasteiger partial charge in [0.2, 0.25) is 0 Å². The van der Waals surface area contributed by atoms with Crippen LogP contribution in [-0.4, -0.2) is 29.6 Å². The van der Waals surface area contributed by atoms with Crippen LogP contribution in [0.2, 0.25) is 5.02 Å². The van der Waals surface area contributed by atoms with E-state index in [9.17, 15) is 5.11 Å². The highest BCUT2D eigenvalue weighted by molar-refractivity contribution is 6.35. The zero-order chi connectivity index (χ0) is 14.5. The molecule has 0 amide bonds. The fraction of sp³-hybridized carbons (Fsp3) is 0.412. The molecular formula is C17H22ClNO. The summed E-state index contributed by atoms with van der Waals surface area (Å²) in [5, 5.41) is 13.3. The molecule has 0 heterocycles. The summed E-state index contributed by atoms with van der Waals surface area (Å²) in [5.74, 6) is 0.